The summed E-state index contributed by atoms with van der Waals surface area (Å²) in [6.45, 7) is 2.39. The van der Waals surface area contributed by atoms with Crippen LogP contribution in [0, 0.1) is 0 Å². The van der Waals surface area contributed by atoms with Gasteiger partial charge in [-0.2, -0.15) is 15.0 Å². The van der Waals surface area contributed by atoms with Gasteiger partial charge < -0.3 is 15.0 Å². The third-order valence-corrected chi connectivity index (χ3v) is 3.40. The number of rotatable bonds is 5. The number of hydrogen-bond donors (Lipinski definition) is 2. The van der Waals surface area contributed by atoms with Crippen LogP contribution < -0.4 is 10.1 Å². The van der Waals surface area contributed by atoms with Crippen LogP contribution in [0.4, 0.5) is 5.95 Å². The number of benzene rings is 1. The van der Waals surface area contributed by atoms with E-state index in [1.54, 1.807) is 7.05 Å². The van der Waals surface area contributed by atoms with Gasteiger partial charge in [0, 0.05) is 7.05 Å². The van der Waals surface area contributed by atoms with Crippen LogP contribution in [0.1, 0.15) is 6.92 Å². The summed E-state index contributed by atoms with van der Waals surface area (Å²) in [6.07, 6.45) is 0. The largest absolute Gasteiger partial charge is 0.464 e. The van der Waals surface area contributed by atoms with Crippen molar-refractivity contribution in [3.8, 4) is 6.01 Å². The smallest absolute Gasteiger partial charge is 0.322 e. The molecule has 1 aromatic carbocycles. The molecule has 0 unspecified atom stereocenters. The van der Waals surface area contributed by atoms with E-state index in [0.717, 1.165) is 16.2 Å². The van der Waals surface area contributed by atoms with Gasteiger partial charge in [0.1, 0.15) is 0 Å². The molecule has 7 nitrogen and oxygen atoms in total. The van der Waals surface area contributed by atoms with E-state index in [9.17, 15) is 0 Å². The average Bonchev–Trinajstić information content (AvgIpc) is 2.89. The predicted molar refractivity (Wildman–Crippen MR) is 80.8 cm³/mol. The molecular formula is C13H14N6OS. The molecular weight excluding hydrogens is 288 g/mol. The topological polar surface area (TPSA) is 88.6 Å². The molecule has 21 heavy (non-hydrogen) atoms. The van der Waals surface area contributed by atoms with Crippen LogP contribution in [-0.2, 0) is 0 Å². The van der Waals surface area contributed by atoms with Crippen LogP contribution in [0.25, 0.3) is 11.0 Å². The number of fused-ring (bicyclic) bond motifs is 1. The molecule has 0 saturated heterocycles. The van der Waals surface area contributed by atoms with Gasteiger partial charge in [0.25, 0.3) is 0 Å². The van der Waals surface area contributed by atoms with Crippen LogP contribution in [0.15, 0.2) is 34.6 Å². The number of aromatic amines is 1. The minimum Gasteiger partial charge on any atom is -0.464 e. The van der Waals surface area contributed by atoms with Crippen LogP contribution >= 0.6 is 11.8 Å². The lowest BCUT2D eigenvalue weighted by atomic mass is 10.3. The Kier molecular flexibility index (Phi) is 3.87. The molecule has 108 valence electrons. The molecule has 0 spiro atoms. The molecule has 0 bridgehead atoms. The standard InChI is InChI=1S/C13H14N6OS/c1-3-20-11-17-10(14-2)18-13(19-11)21-12-15-8-6-4-5-7-9(8)16-12/h4-7H,3H2,1-2H3,(H,15,16)(H,14,17,18,19). The lowest BCUT2D eigenvalue weighted by Crippen LogP contribution is -2.04. The SMILES string of the molecule is CCOc1nc(NC)nc(Sc2nc3ccccc3[nH]2)n1. The van der Waals surface area contributed by atoms with Gasteiger partial charge in [-0.3, -0.25) is 0 Å². The van der Waals surface area contributed by atoms with Crippen molar-refractivity contribution < 1.29 is 4.74 Å². The Morgan fingerprint density at radius 3 is 2.81 bits per heavy atom. The van der Waals surface area contributed by atoms with Crippen molar-refractivity contribution in [1.82, 2.24) is 24.9 Å². The van der Waals surface area contributed by atoms with Crippen molar-refractivity contribution in [3.63, 3.8) is 0 Å². The van der Waals surface area contributed by atoms with E-state index in [0.29, 0.717) is 23.7 Å². The van der Waals surface area contributed by atoms with Crippen molar-refractivity contribution in [2.24, 2.45) is 0 Å². The number of aromatic nitrogens is 5. The third kappa shape index (κ3) is 3.05. The Morgan fingerprint density at radius 2 is 2.05 bits per heavy atom. The molecule has 3 aromatic rings. The zero-order valence-electron chi connectivity index (χ0n) is 11.6. The van der Waals surface area contributed by atoms with Gasteiger partial charge in [0.15, 0.2) is 5.16 Å². The Morgan fingerprint density at radius 1 is 1.19 bits per heavy atom. The Hall–Kier alpha value is -2.35. The van der Waals surface area contributed by atoms with Crippen LogP contribution in [0.3, 0.4) is 0 Å². The van der Waals surface area contributed by atoms with E-state index in [-0.39, 0.29) is 0 Å². The van der Waals surface area contributed by atoms with E-state index in [4.69, 9.17) is 4.74 Å². The highest BCUT2D eigenvalue weighted by molar-refractivity contribution is 7.99. The second-order valence-electron chi connectivity index (χ2n) is 4.07. The number of nitrogens with one attached hydrogen (secondary N) is 2. The van der Waals surface area contributed by atoms with Gasteiger partial charge in [-0.1, -0.05) is 12.1 Å². The van der Waals surface area contributed by atoms with E-state index < -0.39 is 0 Å². The lowest BCUT2D eigenvalue weighted by molar-refractivity contribution is 0.308. The Balaban J connectivity index is 1.90. The number of imidazole rings is 1. The average molecular weight is 302 g/mol. The number of anilines is 1. The molecule has 8 heteroatoms. The molecule has 0 amide bonds. The number of para-hydroxylation sites is 2. The summed E-state index contributed by atoms with van der Waals surface area (Å²) < 4.78 is 5.34. The fraction of sp³-hybridized carbons (Fsp3) is 0.231. The monoisotopic (exact) mass is 302 g/mol. The fourth-order valence-electron chi connectivity index (χ4n) is 1.75. The first-order valence-electron chi connectivity index (χ1n) is 6.47. The number of nitrogens with zero attached hydrogens (tertiary/aromatic N) is 4. The van der Waals surface area contributed by atoms with Crippen molar-refractivity contribution >= 4 is 28.7 Å². The first-order valence-corrected chi connectivity index (χ1v) is 7.29. The molecule has 2 heterocycles. The second kappa shape index (κ2) is 5.96. The highest BCUT2D eigenvalue weighted by Gasteiger charge is 2.10. The zero-order chi connectivity index (χ0) is 14.7. The molecule has 0 atom stereocenters. The maximum Gasteiger partial charge on any atom is 0.322 e. The number of ether oxygens (including phenoxy) is 1. The zero-order valence-corrected chi connectivity index (χ0v) is 12.4. The van der Waals surface area contributed by atoms with Gasteiger partial charge in [0.05, 0.1) is 17.6 Å². The summed E-state index contributed by atoms with van der Waals surface area (Å²) in [6, 6.07) is 8.14. The molecule has 0 fully saturated rings. The molecule has 2 aromatic heterocycles. The molecule has 0 saturated carbocycles. The first kappa shape index (κ1) is 13.6. The van der Waals surface area contributed by atoms with Crippen molar-refractivity contribution in [2.75, 3.05) is 19.0 Å². The predicted octanol–water partition coefficient (Wildman–Crippen LogP) is 2.34. The van der Waals surface area contributed by atoms with Crippen molar-refractivity contribution in [3.05, 3.63) is 24.3 Å². The highest BCUT2D eigenvalue weighted by atomic mass is 32.2. The molecule has 0 aliphatic rings. The Bertz CT molecular complexity index is 726. The van der Waals surface area contributed by atoms with Crippen LogP contribution in [0.2, 0.25) is 0 Å². The van der Waals surface area contributed by atoms with E-state index in [1.807, 2.05) is 31.2 Å². The fourth-order valence-corrected chi connectivity index (χ4v) is 2.49. The molecule has 0 aliphatic heterocycles. The quantitative estimate of drug-likeness (QED) is 0.747. The second-order valence-corrected chi connectivity index (χ2v) is 5.02. The summed E-state index contributed by atoms with van der Waals surface area (Å²) >= 11 is 1.33. The Labute approximate surface area is 125 Å². The van der Waals surface area contributed by atoms with E-state index >= 15 is 0 Å². The van der Waals surface area contributed by atoms with Crippen molar-refractivity contribution in [1.29, 1.82) is 0 Å². The van der Waals surface area contributed by atoms with E-state index in [2.05, 4.69) is 30.2 Å². The summed E-state index contributed by atoms with van der Waals surface area (Å²) in [5, 5.41) is 4.15. The number of H-pyrrole nitrogens is 1. The minimum atomic E-state index is 0.301. The summed E-state index contributed by atoms with van der Waals surface area (Å²) in [4.78, 5) is 20.4. The third-order valence-electron chi connectivity index (χ3n) is 2.65. The van der Waals surface area contributed by atoms with Gasteiger partial charge in [-0.15, -0.1) is 0 Å². The van der Waals surface area contributed by atoms with Crippen LogP contribution in [-0.4, -0.2) is 38.6 Å². The summed E-state index contributed by atoms with van der Waals surface area (Å²) in [5.74, 6) is 0.465. The van der Waals surface area contributed by atoms with Gasteiger partial charge in [0.2, 0.25) is 11.1 Å². The van der Waals surface area contributed by atoms with E-state index in [1.165, 1.54) is 11.8 Å². The molecule has 0 aliphatic carbocycles. The lowest BCUT2D eigenvalue weighted by Gasteiger charge is -2.05. The van der Waals surface area contributed by atoms with Gasteiger partial charge in [-0.05, 0) is 30.8 Å². The van der Waals surface area contributed by atoms with Gasteiger partial charge >= 0.3 is 6.01 Å². The molecule has 0 radical (unpaired) electrons. The van der Waals surface area contributed by atoms with Crippen molar-refractivity contribution in [2.45, 2.75) is 17.2 Å². The normalized spacial score (nSPS) is 10.8. The van der Waals surface area contributed by atoms with Gasteiger partial charge in [-0.25, -0.2) is 4.98 Å². The number of hydrogen-bond acceptors (Lipinski definition) is 7. The maximum atomic E-state index is 5.34. The summed E-state index contributed by atoms with van der Waals surface area (Å²) in [5.41, 5.74) is 1.89. The molecule has 2 N–H and O–H groups in total. The minimum absolute atomic E-state index is 0.301. The summed E-state index contributed by atoms with van der Waals surface area (Å²) in [7, 11) is 1.75. The highest BCUT2D eigenvalue weighted by Crippen LogP contribution is 2.26. The maximum absolute atomic E-state index is 5.34. The molecule has 3 rings (SSSR count). The first-order chi connectivity index (χ1) is 10.3. The van der Waals surface area contributed by atoms with Crippen LogP contribution in [0.5, 0.6) is 6.01 Å².